The van der Waals surface area contributed by atoms with Crippen LogP contribution in [0.2, 0.25) is 0 Å². The van der Waals surface area contributed by atoms with Gasteiger partial charge in [-0.15, -0.1) is 0 Å². The van der Waals surface area contributed by atoms with Crippen molar-refractivity contribution in [3.8, 4) is 0 Å². The molecule has 0 bridgehead atoms. The monoisotopic (exact) mass is 131 g/mol. The molecule has 1 fully saturated rings. The Morgan fingerprint density at radius 2 is 2.11 bits per heavy atom. The van der Waals surface area contributed by atoms with Crippen LogP contribution in [0.1, 0.15) is 12.8 Å². The van der Waals surface area contributed by atoms with E-state index in [4.69, 9.17) is 10.8 Å². The summed E-state index contributed by atoms with van der Waals surface area (Å²) < 4.78 is 0. The Kier molecular flexibility index (Phi) is 2.05. The molecule has 0 heterocycles. The molecular weight excluding hydrogens is 118 g/mol. The van der Waals surface area contributed by atoms with Crippen LogP contribution in [-0.2, 0) is 0 Å². The minimum absolute atomic E-state index is 0.113. The van der Waals surface area contributed by atoms with E-state index in [1.807, 2.05) is 0 Å². The lowest BCUT2D eigenvalue weighted by molar-refractivity contribution is 0.0911. The third-order valence-corrected chi connectivity index (χ3v) is 1.75. The van der Waals surface area contributed by atoms with Crippen LogP contribution in [0.15, 0.2) is 0 Å². The molecular formula is C6H13NO2. The van der Waals surface area contributed by atoms with E-state index < -0.39 is 12.1 Å². The van der Waals surface area contributed by atoms with Crippen LogP contribution in [0.4, 0.5) is 0 Å². The fraction of sp³-hybridized carbons (Fsp3) is 1.00. The highest BCUT2D eigenvalue weighted by molar-refractivity contribution is 4.86. The normalized spacial score (nSPS) is 25.7. The van der Waals surface area contributed by atoms with Gasteiger partial charge in [-0.05, 0) is 18.8 Å². The summed E-state index contributed by atoms with van der Waals surface area (Å²) in [6.07, 6.45) is 1.65. The highest BCUT2D eigenvalue weighted by atomic mass is 16.3. The Labute approximate surface area is 54.5 Å². The maximum absolute atomic E-state index is 9.17. The summed E-state index contributed by atoms with van der Waals surface area (Å²) in [4.78, 5) is 0. The van der Waals surface area contributed by atoms with Crippen LogP contribution >= 0.6 is 0 Å². The zero-order valence-corrected chi connectivity index (χ0v) is 5.33. The number of aliphatic hydroxyl groups is 2. The van der Waals surface area contributed by atoms with Gasteiger partial charge in [-0.3, -0.25) is 0 Å². The molecule has 0 aromatic rings. The molecule has 0 radical (unpaired) electrons. The quantitative estimate of drug-likeness (QED) is 0.464. The molecule has 0 spiro atoms. The summed E-state index contributed by atoms with van der Waals surface area (Å²) in [5, 5.41) is 17.7. The van der Waals surface area contributed by atoms with E-state index in [1.54, 1.807) is 0 Å². The second kappa shape index (κ2) is 2.64. The lowest BCUT2D eigenvalue weighted by atomic mass is 10.1. The lowest BCUT2D eigenvalue weighted by Gasteiger charge is -2.14. The first kappa shape index (κ1) is 6.99. The zero-order valence-electron chi connectivity index (χ0n) is 5.33. The van der Waals surface area contributed by atoms with Gasteiger partial charge in [0.2, 0.25) is 0 Å². The van der Waals surface area contributed by atoms with E-state index >= 15 is 0 Å². The standard InChI is InChI=1S/C6H13NO2/c7-5(3-8)6(9)4-1-2-4/h4-6,8-9H,1-3,7H2. The van der Waals surface area contributed by atoms with E-state index in [0.29, 0.717) is 5.92 Å². The highest BCUT2D eigenvalue weighted by Crippen LogP contribution is 2.33. The first-order chi connectivity index (χ1) is 4.25. The molecule has 1 aliphatic rings. The van der Waals surface area contributed by atoms with Gasteiger partial charge >= 0.3 is 0 Å². The molecule has 0 saturated heterocycles. The molecule has 2 atom stereocenters. The van der Waals surface area contributed by atoms with Gasteiger partial charge in [0.15, 0.2) is 0 Å². The van der Waals surface area contributed by atoms with E-state index in [0.717, 1.165) is 12.8 Å². The van der Waals surface area contributed by atoms with Gasteiger partial charge in [-0.2, -0.15) is 0 Å². The van der Waals surface area contributed by atoms with Gasteiger partial charge < -0.3 is 15.9 Å². The number of hydrogen-bond acceptors (Lipinski definition) is 3. The summed E-state index contributed by atoms with van der Waals surface area (Å²) >= 11 is 0. The van der Waals surface area contributed by atoms with Crippen LogP contribution in [0, 0.1) is 5.92 Å². The average molecular weight is 131 g/mol. The van der Waals surface area contributed by atoms with Crippen LogP contribution < -0.4 is 5.73 Å². The van der Waals surface area contributed by atoms with Gasteiger partial charge in [-0.1, -0.05) is 0 Å². The molecule has 1 saturated carbocycles. The molecule has 2 unspecified atom stereocenters. The van der Waals surface area contributed by atoms with E-state index in [-0.39, 0.29) is 6.61 Å². The molecule has 4 N–H and O–H groups in total. The average Bonchev–Trinajstić information content (AvgIpc) is 2.66. The molecule has 1 aliphatic carbocycles. The van der Waals surface area contributed by atoms with Crippen molar-refractivity contribution in [3.63, 3.8) is 0 Å². The second-order valence-corrected chi connectivity index (χ2v) is 2.67. The van der Waals surface area contributed by atoms with E-state index in [9.17, 15) is 5.11 Å². The summed E-state index contributed by atoms with van der Waals surface area (Å²) in [5.74, 6) is 0.368. The van der Waals surface area contributed by atoms with Crippen molar-refractivity contribution < 1.29 is 10.2 Å². The molecule has 0 aromatic carbocycles. The molecule has 9 heavy (non-hydrogen) atoms. The minimum Gasteiger partial charge on any atom is -0.395 e. The van der Waals surface area contributed by atoms with Crippen LogP contribution in [0.3, 0.4) is 0 Å². The largest absolute Gasteiger partial charge is 0.395 e. The topological polar surface area (TPSA) is 66.5 Å². The second-order valence-electron chi connectivity index (χ2n) is 2.67. The van der Waals surface area contributed by atoms with Crippen molar-refractivity contribution in [2.75, 3.05) is 6.61 Å². The van der Waals surface area contributed by atoms with Crippen LogP contribution in [0.5, 0.6) is 0 Å². The minimum atomic E-state index is -0.477. The SMILES string of the molecule is NC(CO)C(O)C1CC1. The molecule has 0 aliphatic heterocycles. The third-order valence-electron chi connectivity index (χ3n) is 1.75. The molecule has 54 valence electrons. The summed E-state index contributed by atoms with van der Waals surface area (Å²) in [6.45, 7) is -0.113. The number of nitrogens with two attached hydrogens (primary N) is 1. The van der Waals surface area contributed by atoms with Gasteiger partial charge in [0.25, 0.3) is 0 Å². The predicted octanol–water partition coefficient (Wildman–Crippen LogP) is -0.923. The first-order valence-electron chi connectivity index (χ1n) is 3.30. The van der Waals surface area contributed by atoms with Crippen molar-refractivity contribution in [3.05, 3.63) is 0 Å². The molecule has 3 heteroatoms. The van der Waals surface area contributed by atoms with Gasteiger partial charge in [0.05, 0.1) is 18.8 Å². The first-order valence-corrected chi connectivity index (χ1v) is 3.30. The van der Waals surface area contributed by atoms with Crippen LogP contribution in [-0.4, -0.2) is 29.0 Å². The molecule has 1 rings (SSSR count). The Morgan fingerprint density at radius 3 is 2.44 bits per heavy atom. The Balaban J connectivity index is 2.22. The van der Waals surface area contributed by atoms with Crippen molar-refractivity contribution in [1.29, 1.82) is 0 Å². The van der Waals surface area contributed by atoms with Gasteiger partial charge in [0, 0.05) is 0 Å². The van der Waals surface area contributed by atoms with Crippen LogP contribution in [0.25, 0.3) is 0 Å². The summed E-state index contributed by atoms with van der Waals surface area (Å²) in [7, 11) is 0. The fourth-order valence-corrected chi connectivity index (χ4v) is 0.895. The molecule has 0 aromatic heterocycles. The van der Waals surface area contributed by atoms with Crippen molar-refractivity contribution in [2.45, 2.75) is 25.0 Å². The Bertz CT molecular complexity index is 93.1. The van der Waals surface area contributed by atoms with E-state index in [1.165, 1.54) is 0 Å². The van der Waals surface area contributed by atoms with E-state index in [2.05, 4.69) is 0 Å². The lowest BCUT2D eigenvalue weighted by Crippen LogP contribution is -2.39. The van der Waals surface area contributed by atoms with Crippen molar-refractivity contribution in [2.24, 2.45) is 11.7 Å². The van der Waals surface area contributed by atoms with Gasteiger partial charge in [0.1, 0.15) is 0 Å². The fourth-order valence-electron chi connectivity index (χ4n) is 0.895. The maximum Gasteiger partial charge on any atom is 0.0741 e. The maximum atomic E-state index is 9.17. The summed E-state index contributed by atoms with van der Waals surface area (Å²) in [6, 6.07) is -0.433. The number of aliphatic hydroxyl groups excluding tert-OH is 2. The number of rotatable bonds is 3. The smallest absolute Gasteiger partial charge is 0.0741 e. The zero-order chi connectivity index (χ0) is 6.85. The predicted molar refractivity (Wildman–Crippen MR) is 33.8 cm³/mol. The Hall–Kier alpha value is -0.120. The molecule has 0 amide bonds. The molecule has 3 nitrogen and oxygen atoms in total. The highest BCUT2D eigenvalue weighted by Gasteiger charge is 2.33. The van der Waals surface area contributed by atoms with Crippen molar-refractivity contribution in [1.82, 2.24) is 0 Å². The van der Waals surface area contributed by atoms with Crippen molar-refractivity contribution >= 4 is 0 Å². The van der Waals surface area contributed by atoms with Gasteiger partial charge in [-0.25, -0.2) is 0 Å². The third kappa shape index (κ3) is 1.64. The summed E-state index contributed by atoms with van der Waals surface area (Å²) in [5.41, 5.74) is 5.36. The number of hydrogen-bond donors (Lipinski definition) is 3. The Morgan fingerprint density at radius 1 is 1.56 bits per heavy atom.